The quantitative estimate of drug-likeness (QED) is 0.838. The topological polar surface area (TPSA) is 59.9 Å². The molecule has 1 aromatic rings. The average molecular weight is 235 g/mol. The predicted octanol–water partition coefficient (Wildman–Crippen LogP) is 1.38. The van der Waals surface area contributed by atoms with Crippen LogP contribution in [0.3, 0.4) is 0 Å². The second-order valence-electron chi connectivity index (χ2n) is 2.90. The first-order valence-electron chi connectivity index (χ1n) is 4.15. The molecule has 1 fully saturated rings. The van der Waals surface area contributed by atoms with Gasteiger partial charge in [-0.05, 0) is 29.6 Å². The van der Waals surface area contributed by atoms with Gasteiger partial charge in [0.15, 0.2) is 0 Å². The minimum Gasteiger partial charge on any atom is -0.379 e. The number of hydrogen-bond donors (Lipinski definition) is 1. The van der Waals surface area contributed by atoms with Crippen LogP contribution in [-0.4, -0.2) is 34.2 Å². The number of ether oxygens (including phenoxy) is 1. The number of anilines is 1. The van der Waals surface area contributed by atoms with E-state index in [2.05, 4.69) is 20.3 Å². The highest BCUT2D eigenvalue weighted by atomic mass is 35.5. The van der Waals surface area contributed by atoms with Crippen molar-refractivity contribution in [3.63, 3.8) is 0 Å². The van der Waals surface area contributed by atoms with Crippen LogP contribution in [0.15, 0.2) is 0 Å². The van der Waals surface area contributed by atoms with Crippen LogP contribution < -0.4 is 5.32 Å². The zero-order valence-corrected chi connectivity index (χ0v) is 8.72. The van der Waals surface area contributed by atoms with Crippen LogP contribution >= 0.6 is 23.2 Å². The first-order valence-corrected chi connectivity index (χ1v) is 4.91. The van der Waals surface area contributed by atoms with Gasteiger partial charge in [-0.2, -0.15) is 15.0 Å². The Hall–Kier alpha value is -0.650. The number of nitrogens with one attached hydrogen (secondary N) is 1. The highest BCUT2D eigenvalue weighted by Crippen LogP contribution is 2.13. The van der Waals surface area contributed by atoms with Gasteiger partial charge in [-0.1, -0.05) is 0 Å². The molecule has 1 N–H and O–H groups in total. The summed E-state index contributed by atoms with van der Waals surface area (Å²) in [6.45, 7) is 1.41. The Balaban J connectivity index is 2.07. The van der Waals surface area contributed by atoms with Crippen LogP contribution in [0.2, 0.25) is 10.6 Å². The summed E-state index contributed by atoms with van der Waals surface area (Å²) in [5, 5.41) is 3.24. The molecule has 14 heavy (non-hydrogen) atoms. The first-order chi connectivity index (χ1) is 6.74. The molecule has 2 rings (SSSR count). The second-order valence-corrected chi connectivity index (χ2v) is 3.58. The first kappa shape index (κ1) is 9.89. The molecule has 2 heterocycles. The van der Waals surface area contributed by atoms with E-state index in [0.717, 1.165) is 13.0 Å². The van der Waals surface area contributed by atoms with Crippen molar-refractivity contribution < 1.29 is 4.74 Å². The summed E-state index contributed by atoms with van der Waals surface area (Å²) in [5.41, 5.74) is 0. The van der Waals surface area contributed by atoms with Crippen molar-refractivity contribution in [1.29, 1.82) is 0 Å². The molecule has 0 radical (unpaired) electrons. The fourth-order valence-corrected chi connectivity index (χ4v) is 1.58. The van der Waals surface area contributed by atoms with Crippen LogP contribution in [0.1, 0.15) is 6.42 Å². The number of rotatable bonds is 2. The van der Waals surface area contributed by atoms with Crippen LogP contribution in [0.25, 0.3) is 0 Å². The van der Waals surface area contributed by atoms with E-state index in [1.54, 1.807) is 0 Å². The molecule has 1 saturated heterocycles. The Morgan fingerprint density at radius 2 is 1.93 bits per heavy atom. The normalized spacial score (nSPS) is 21.1. The Kier molecular flexibility index (Phi) is 3.00. The van der Waals surface area contributed by atoms with E-state index < -0.39 is 0 Å². The highest BCUT2D eigenvalue weighted by Gasteiger charge is 2.16. The van der Waals surface area contributed by atoms with E-state index in [1.807, 2.05) is 0 Å². The van der Waals surface area contributed by atoms with Gasteiger partial charge in [0.2, 0.25) is 16.5 Å². The van der Waals surface area contributed by atoms with Gasteiger partial charge in [-0.25, -0.2) is 0 Å². The molecule has 76 valence electrons. The SMILES string of the molecule is Clc1nc(Cl)nc(NC2CCOC2)n1. The van der Waals surface area contributed by atoms with Crippen molar-refractivity contribution in [2.75, 3.05) is 18.5 Å². The molecule has 0 amide bonds. The summed E-state index contributed by atoms with van der Waals surface area (Å²) >= 11 is 11.2. The van der Waals surface area contributed by atoms with E-state index in [1.165, 1.54) is 0 Å². The Labute approximate surface area is 90.8 Å². The van der Waals surface area contributed by atoms with Crippen molar-refractivity contribution in [2.45, 2.75) is 12.5 Å². The number of halogens is 2. The largest absolute Gasteiger partial charge is 0.379 e. The minimum atomic E-state index is 0.0893. The summed E-state index contributed by atoms with van der Waals surface area (Å²) in [4.78, 5) is 11.4. The van der Waals surface area contributed by atoms with Crippen molar-refractivity contribution in [3.05, 3.63) is 10.6 Å². The standard InChI is InChI=1S/C7H8Cl2N4O/c8-5-11-6(9)13-7(12-5)10-4-1-2-14-3-4/h4H,1-3H2,(H,10,11,12,13). The molecule has 1 aliphatic rings. The van der Waals surface area contributed by atoms with Crippen molar-refractivity contribution in [3.8, 4) is 0 Å². The fraction of sp³-hybridized carbons (Fsp3) is 0.571. The lowest BCUT2D eigenvalue weighted by atomic mass is 10.3. The summed E-state index contributed by atoms with van der Waals surface area (Å²) in [6, 6.07) is 0.226. The molecule has 1 atom stereocenters. The van der Waals surface area contributed by atoms with Gasteiger partial charge in [0.1, 0.15) is 0 Å². The molecule has 1 aromatic heterocycles. The van der Waals surface area contributed by atoms with Gasteiger partial charge >= 0.3 is 0 Å². The lowest BCUT2D eigenvalue weighted by Gasteiger charge is -2.09. The van der Waals surface area contributed by atoms with Gasteiger partial charge in [-0.15, -0.1) is 0 Å². The zero-order valence-electron chi connectivity index (χ0n) is 7.20. The number of nitrogens with zero attached hydrogens (tertiary/aromatic N) is 3. The summed E-state index contributed by atoms with van der Waals surface area (Å²) in [7, 11) is 0. The van der Waals surface area contributed by atoms with Crippen LogP contribution in [0.4, 0.5) is 5.95 Å². The molecule has 7 heteroatoms. The van der Waals surface area contributed by atoms with Gasteiger partial charge in [0, 0.05) is 6.61 Å². The summed E-state index contributed by atoms with van der Waals surface area (Å²) < 4.78 is 5.19. The zero-order chi connectivity index (χ0) is 9.97. The van der Waals surface area contributed by atoms with Gasteiger partial charge in [0.05, 0.1) is 12.6 Å². The van der Waals surface area contributed by atoms with Crippen LogP contribution in [0, 0.1) is 0 Å². The van der Waals surface area contributed by atoms with Crippen LogP contribution in [0.5, 0.6) is 0 Å². The molecule has 5 nitrogen and oxygen atoms in total. The molecule has 0 spiro atoms. The predicted molar refractivity (Wildman–Crippen MR) is 52.7 cm³/mol. The third kappa shape index (κ3) is 2.43. The Morgan fingerprint density at radius 3 is 2.50 bits per heavy atom. The summed E-state index contributed by atoms with van der Waals surface area (Å²) in [6.07, 6.45) is 0.931. The van der Waals surface area contributed by atoms with E-state index in [4.69, 9.17) is 27.9 Å². The van der Waals surface area contributed by atoms with Gasteiger partial charge < -0.3 is 10.1 Å². The van der Waals surface area contributed by atoms with E-state index in [9.17, 15) is 0 Å². The minimum absolute atomic E-state index is 0.0893. The molecule has 0 bridgehead atoms. The van der Waals surface area contributed by atoms with E-state index >= 15 is 0 Å². The molecule has 0 saturated carbocycles. The maximum absolute atomic E-state index is 5.62. The van der Waals surface area contributed by atoms with Crippen molar-refractivity contribution >= 4 is 29.2 Å². The molecular weight excluding hydrogens is 227 g/mol. The molecule has 1 unspecified atom stereocenters. The Bertz CT molecular complexity index is 309. The highest BCUT2D eigenvalue weighted by molar-refractivity contribution is 6.31. The monoisotopic (exact) mass is 234 g/mol. The number of hydrogen-bond acceptors (Lipinski definition) is 5. The third-order valence-corrected chi connectivity index (χ3v) is 2.18. The maximum atomic E-state index is 5.62. The van der Waals surface area contributed by atoms with Gasteiger partial charge in [0.25, 0.3) is 0 Å². The number of aromatic nitrogens is 3. The summed E-state index contributed by atoms with van der Waals surface area (Å²) in [5.74, 6) is 0.394. The van der Waals surface area contributed by atoms with Crippen LogP contribution in [-0.2, 0) is 4.74 Å². The Morgan fingerprint density at radius 1 is 1.21 bits per heavy atom. The molecule has 0 aromatic carbocycles. The average Bonchev–Trinajstić information content (AvgIpc) is 2.54. The van der Waals surface area contributed by atoms with Crippen molar-refractivity contribution in [2.24, 2.45) is 0 Å². The lowest BCUT2D eigenvalue weighted by molar-refractivity contribution is 0.195. The molecule has 0 aliphatic carbocycles. The second kappa shape index (κ2) is 4.25. The fourth-order valence-electron chi connectivity index (χ4n) is 1.22. The lowest BCUT2D eigenvalue weighted by Crippen LogP contribution is -2.20. The molecular formula is C7H8Cl2N4O. The van der Waals surface area contributed by atoms with E-state index in [-0.39, 0.29) is 16.6 Å². The third-order valence-electron chi connectivity index (χ3n) is 1.84. The van der Waals surface area contributed by atoms with E-state index in [0.29, 0.717) is 12.6 Å². The van der Waals surface area contributed by atoms with Crippen molar-refractivity contribution in [1.82, 2.24) is 15.0 Å². The van der Waals surface area contributed by atoms with Gasteiger partial charge in [-0.3, -0.25) is 0 Å². The molecule has 1 aliphatic heterocycles. The maximum Gasteiger partial charge on any atom is 0.228 e. The smallest absolute Gasteiger partial charge is 0.228 e.